The molecule has 0 aliphatic heterocycles. The molecule has 0 saturated heterocycles. The van der Waals surface area contributed by atoms with Gasteiger partial charge in [0.15, 0.2) is 5.78 Å². The van der Waals surface area contributed by atoms with Gasteiger partial charge < -0.3 is 0 Å². The van der Waals surface area contributed by atoms with Crippen molar-refractivity contribution >= 4 is 44.9 Å². The number of hydrogen-bond acceptors (Lipinski definition) is 1. The van der Waals surface area contributed by atoms with Gasteiger partial charge in [-0.3, -0.25) is 4.79 Å². The van der Waals surface area contributed by atoms with Gasteiger partial charge in [0.1, 0.15) is 5.82 Å². The fourth-order valence-electron chi connectivity index (χ4n) is 1.67. The SMILES string of the molecule is O=C(Cc1cc(Cl)ccc1Cl)c1cc(F)cc(Br)c1. The summed E-state index contributed by atoms with van der Waals surface area (Å²) in [5.41, 5.74) is 0.919. The molecule has 0 radical (unpaired) electrons. The normalized spacial score (nSPS) is 10.5. The fraction of sp³-hybridized carbons (Fsp3) is 0.0714. The van der Waals surface area contributed by atoms with Crippen LogP contribution >= 0.6 is 39.1 Å². The molecule has 0 aliphatic carbocycles. The van der Waals surface area contributed by atoms with E-state index in [-0.39, 0.29) is 12.2 Å². The molecule has 2 aromatic carbocycles. The Hall–Kier alpha value is -0.900. The Labute approximate surface area is 128 Å². The van der Waals surface area contributed by atoms with Crippen molar-refractivity contribution < 1.29 is 9.18 Å². The average molecular weight is 362 g/mol. The van der Waals surface area contributed by atoms with Crippen molar-refractivity contribution in [2.24, 2.45) is 0 Å². The Morgan fingerprint density at radius 1 is 1.16 bits per heavy atom. The van der Waals surface area contributed by atoms with Gasteiger partial charge in [-0.15, -0.1) is 0 Å². The largest absolute Gasteiger partial charge is 0.294 e. The Morgan fingerprint density at radius 2 is 1.89 bits per heavy atom. The van der Waals surface area contributed by atoms with E-state index in [1.165, 1.54) is 12.1 Å². The van der Waals surface area contributed by atoms with Crippen LogP contribution in [-0.2, 0) is 6.42 Å². The van der Waals surface area contributed by atoms with E-state index in [0.29, 0.717) is 25.6 Å². The summed E-state index contributed by atoms with van der Waals surface area (Å²) in [7, 11) is 0. The molecule has 0 atom stereocenters. The first-order valence-electron chi connectivity index (χ1n) is 5.39. The fourth-order valence-corrected chi connectivity index (χ4v) is 2.51. The molecule has 5 heteroatoms. The number of ketones is 1. The summed E-state index contributed by atoms with van der Waals surface area (Å²) in [5.74, 6) is -0.681. The molecule has 0 unspecified atom stereocenters. The van der Waals surface area contributed by atoms with Gasteiger partial charge in [0.2, 0.25) is 0 Å². The lowest BCUT2D eigenvalue weighted by Gasteiger charge is -2.05. The van der Waals surface area contributed by atoms with E-state index in [0.717, 1.165) is 0 Å². The quantitative estimate of drug-likeness (QED) is 0.676. The predicted molar refractivity (Wildman–Crippen MR) is 78.6 cm³/mol. The Bertz CT molecular complexity index is 623. The van der Waals surface area contributed by atoms with Crippen LogP contribution in [0.3, 0.4) is 0 Å². The van der Waals surface area contributed by atoms with Crippen LogP contribution in [0.5, 0.6) is 0 Å². The Kier molecular flexibility index (Phi) is 4.61. The lowest BCUT2D eigenvalue weighted by atomic mass is 10.0. The van der Waals surface area contributed by atoms with Crippen LogP contribution in [0.4, 0.5) is 4.39 Å². The Balaban J connectivity index is 2.28. The second-order valence-corrected chi connectivity index (χ2v) is 5.75. The van der Waals surface area contributed by atoms with Gasteiger partial charge in [-0.25, -0.2) is 4.39 Å². The molecule has 2 aromatic rings. The highest BCUT2D eigenvalue weighted by Gasteiger charge is 2.12. The minimum absolute atomic E-state index is 0.0787. The summed E-state index contributed by atoms with van der Waals surface area (Å²) in [6, 6.07) is 8.99. The summed E-state index contributed by atoms with van der Waals surface area (Å²) in [4.78, 5) is 12.1. The van der Waals surface area contributed by atoms with E-state index in [1.807, 2.05) is 0 Å². The van der Waals surface area contributed by atoms with Crippen LogP contribution in [0.25, 0.3) is 0 Å². The summed E-state index contributed by atoms with van der Waals surface area (Å²) < 4.78 is 13.8. The number of benzene rings is 2. The first kappa shape index (κ1) is 14.5. The van der Waals surface area contributed by atoms with Gasteiger partial charge in [-0.2, -0.15) is 0 Å². The molecule has 0 heterocycles. The van der Waals surface area contributed by atoms with E-state index in [2.05, 4.69) is 15.9 Å². The van der Waals surface area contributed by atoms with Crippen LogP contribution in [-0.4, -0.2) is 5.78 Å². The van der Waals surface area contributed by atoms with Gasteiger partial charge in [-0.1, -0.05) is 39.1 Å². The molecule has 0 aromatic heterocycles. The third-order valence-corrected chi connectivity index (χ3v) is 3.60. The molecule has 0 saturated carbocycles. The molecular weight excluding hydrogens is 354 g/mol. The van der Waals surface area contributed by atoms with Gasteiger partial charge in [0.25, 0.3) is 0 Å². The van der Waals surface area contributed by atoms with Crippen molar-refractivity contribution in [3.63, 3.8) is 0 Å². The second kappa shape index (κ2) is 6.04. The maximum atomic E-state index is 13.2. The van der Waals surface area contributed by atoms with Crippen LogP contribution in [0, 0.1) is 5.82 Å². The third kappa shape index (κ3) is 3.78. The highest BCUT2D eigenvalue weighted by atomic mass is 79.9. The monoisotopic (exact) mass is 360 g/mol. The zero-order chi connectivity index (χ0) is 14.0. The first-order chi connectivity index (χ1) is 8.95. The van der Waals surface area contributed by atoms with Gasteiger partial charge in [-0.05, 0) is 42.0 Å². The van der Waals surface area contributed by atoms with Crippen LogP contribution in [0.2, 0.25) is 10.0 Å². The number of halogens is 4. The number of carbonyl (C=O) groups excluding carboxylic acids is 1. The maximum Gasteiger partial charge on any atom is 0.167 e. The van der Waals surface area contributed by atoms with Crippen molar-refractivity contribution in [1.29, 1.82) is 0 Å². The zero-order valence-electron chi connectivity index (χ0n) is 9.59. The standard InChI is InChI=1S/C14H8BrCl2FO/c15-10-3-9(5-12(18)7-10)14(19)6-8-4-11(16)1-2-13(8)17/h1-5,7H,6H2. The lowest BCUT2D eigenvalue weighted by Crippen LogP contribution is -2.04. The molecule has 0 N–H and O–H groups in total. The maximum absolute atomic E-state index is 13.2. The van der Waals surface area contributed by atoms with Crippen molar-refractivity contribution in [2.75, 3.05) is 0 Å². The summed E-state index contributed by atoms with van der Waals surface area (Å²) in [6.45, 7) is 0. The highest BCUT2D eigenvalue weighted by molar-refractivity contribution is 9.10. The average Bonchev–Trinajstić information content (AvgIpc) is 2.32. The molecule has 0 amide bonds. The van der Waals surface area contributed by atoms with Gasteiger partial charge in [0.05, 0.1) is 0 Å². The van der Waals surface area contributed by atoms with Gasteiger partial charge in [0, 0.05) is 26.5 Å². The van der Waals surface area contributed by atoms with E-state index in [9.17, 15) is 9.18 Å². The van der Waals surface area contributed by atoms with Gasteiger partial charge >= 0.3 is 0 Å². The first-order valence-corrected chi connectivity index (χ1v) is 6.94. The molecule has 0 aliphatic rings. The van der Waals surface area contributed by atoms with E-state index >= 15 is 0 Å². The molecule has 0 spiro atoms. The highest BCUT2D eigenvalue weighted by Crippen LogP contribution is 2.23. The molecule has 19 heavy (non-hydrogen) atoms. The van der Waals surface area contributed by atoms with Crippen molar-refractivity contribution in [3.05, 3.63) is 67.9 Å². The van der Waals surface area contributed by atoms with E-state index < -0.39 is 5.82 Å². The van der Waals surface area contributed by atoms with Crippen molar-refractivity contribution in [3.8, 4) is 0 Å². The zero-order valence-corrected chi connectivity index (χ0v) is 12.7. The van der Waals surface area contributed by atoms with Crippen molar-refractivity contribution in [1.82, 2.24) is 0 Å². The second-order valence-electron chi connectivity index (χ2n) is 3.99. The molecule has 98 valence electrons. The van der Waals surface area contributed by atoms with E-state index in [4.69, 9.17) is 23.2 Å². The topological polar surface area (TPSA) is 17.1 Å². The molecule has 0 bridgehead atoms. The molecule has 0 fully saturated rings. The molecule has 2 rings (SSSR count). The lowest BCUT2D eigenvalue weighted by molar-refractivity contribution is 0.0992. The van der Waals surface area contributed by atoms with E-state index in [1.54, 1.807) is 24.3 Å². The molecule has 1 nitrogen and oxygen atoms in total. The van der Waals surface area contributed by atoms with Crippen LogP contribution < -0.4 is 0 Å². The Morgan fingerprint density at radius 3 is 2.58 bits per heavy atom. The number of rotatable bonds is 3. The number of carbonyl (C=O) groups is 1. The van der Waals surface area contributed by atoms with Crippen LogP contribution in [0.15, 0.2) is 40.9 Å². The minimum Gasteiger partial charge on any atom is -0.294 e. The number of Topliss-reactive ketones (excluding diaryl/α,β-unsaturated/α-hetero) is 1. The van der Waals surface area contributed by atoms with Crippen LogP contribution in [0.1, 0.15) is 15.9 Å². The summed E-state index contributed by atoms with van der Waals surface area (Å²) in [6.07, 6.45) is 0.0787. The molecular formula is C14H8BrCl2FO. The summed E-state index contributed by atoms with van der Waals surface area (Å²) >= 11 is 15.0. The number of hydrogen-bond donors (Lipinski definition) is 0. The van der Waals surface area contributed by atoms with Crippen molar-refractivity contribution in [2.45, 2.75) is 6.42 Å². The third-order valence-electron chi connectivity index (χ3n) is 2.54. The smallest absolute Gasteiger partial charge is 0.167 e. The minimum atomic E-state index is -0.463. The predicted octanol–water partition coefficient (Wildman–Crippen LogP) is 5.32. The summed E-state index contributed by atoms with van der Waals surface area (Å²) in [5, 5.41) is 0.973.